The number of H-pyrrole nitrogens is 2. The zero-order valence-electron chi connectivity index (χ0n) is 13.4. The Morgan fingerprint density at radius 2 is 2.04 bits per heavy atom. The van der Waals surface area contributed by atoms with Crippen molar-refractivity contribution in [2.45, 2.75) is 6.61 Å². The summed E-state index contributed by atoms with van der Waals surface area (Å²) < 4.78 is 18.7. The van der Waals surface area contributed by atoms with E-state index in [2.05, 4.69) is 20.2 Å². The SMILES string of the molecule is COc1cc(CO)ccc1-c1cc(-c2nc3cc(F)ccc3[nH]2)[nH]n1. The predicted molar refractivity (Wildman–Crippen MR) is 91.5 cm³/mol. The maximum atomic E-state index is 13.3. The smallest absolute Gasteiger partial charge is 0.156 e. The molecule has 2 aromatic heterocycles. The Hall–Kier alpha value is -3.19. The first kappa shape index (κ1) is 15.3. The van der Waals surface area contributed by atoms with Crippen molar-refractivity contribution < 1.29 is 14.2 Å². The molecule has 6 nitrogen and oxygen atoms in total. The molecule has 2 aromatic carbocycles. The monoisotopic (exact) mass is 338 g/mol. The van der Waals surface area contributed by atoms with Gasteiger partial charge in [-0.2, -0.15) is 5.10 Å². The molecule has 0 bridgehead atoms. The summed E-state index contributed by atoms with van der Waals surface area (Å²) in [6, 6.07) is 11.7. The molecule has 0 saturated carbocycles. The van der Waals surface area contributed by atoms with Crippen molar-refractivity contribution in [2.24, 2.45) is 0 Å². The van der Waals surface area contributed by atoms with Crippen LogP contribution in [0, 0.1) is 5.82 Å². The summed E-state index contributed by atoms with van der Waals surface area (Å²) in [5.74, 6) is 0.867. The van der Waals surface area contributed by atoms with E-state index in [1.807, 2.05) is 18.2 Å². The van der Waals surface area contributed by atoms with Gasteiger partial charge in [0.25, 0.3) is 0 Å². The Kier molecular flexibility index (Phi) is 3.70. The Morgan fingerprint density at radius 3 is 2.84 bits per heavy atom. The molecule has 4 aromatic rings. The van der Waals surface area contributed by atoms with E-state index in [-0.39, 0.29) is 12.4 Å². The third-order valence-electron chi connectivity index (χ3n) is 4.00. The number of rotatable bonds is 4. The lowest BCUT2D eigenvalue weighted by Crippen LogP contribution is -1.91. The number of benzene rings is 2. The minimum atomic E-state index is -0.329. The summed E-state index contributed by atoms with van der Waals surface area (Å²) in [7, 11) is 1.57. The molecule has 0 aliphatic rings. The van der Waals surface area contributed by atoms with Crippen molar-refractivity contribution in [3.05, 3.63) is 53.8 Å². The van der Waals surface area contributed by atoms with Gasteiger partial charge in [-0.15, -0.1) is 0 Å². The lowest BCUT2D eigenvalue weighted by atomic mass is 10.1. The van der Waals surface area contributed by atoms with Gasteiger partial charge >= 0.3 is 0 Å². The van der Waals surface area contributed by atoms with E-state index in [0.717, 1.165) is 16.6 Å². The fourth-order valence-electron chi connectivity index (χ4n) is 2.73. The summed E-state index contributed by atoms with van der Waals surface area (Å²) in [6.07, 6.45) is 0. The van der Waals surface area contributed by atoms with Gasteiger partial charge in [0, 0.05) is 11.6 Å². The number of hydrogen-bond acceptors (Lipinski definition) is 4. The van der Waals surface area contributed by atoms with E-state index in [4.69, 9.17) is 4.74 Å². The molecule has 4 rings (SSSR count). The van der Waals surface area contributed by atoms with Crippen LogP contribution in [-0.2, 0) is 6.61 Å². The van der Waals surface area contributed by atoms with Crippen LogP contribution in [0.1, 0.15) is 5.56 Å². The Bertz CT molecular complexity index is 1050. The van der Waals surface area contributed by atoms with Crippen LogP contribution in [-0.4, -0.2) is 32.4 Å². The van der Waals surface area contributed by atoms with Crippen LogP contribution in [0.3, 0.4) is 0 Å². The van der Waals surface area contributed by atoms with Gasteiger partial charge in [-0.3, -0.25) is 5.10 Å². The van der Waals surface area contributed by atoms with Crippen LogP contribution in [0.25, 0.3) is 33.8 Å². The van der Waals surface area contributed by atoms with Gasteiger partial charge in [-0.25, -0.2) is 9.37 Å². The summed E-state index contributed by atoms with van der Waals surface area (Å²) in [5, 5.41) is 16.5. The molecule has 0 spiro atoms. The van der Waals surface area contributed by atoms with Crippen LogP contribution in [0.4, 0.5) is 4.39 Å². The highest BCUT2D eigenvalue weighted by molar-refractivity contribution is 5.79. The van der Waals surface area contributed by atoms with Crippen LogP contribution < -0.4 is 4.74 Å². The average Bonchev–Trinajstić information content (AvgIpc) is 3.27. The Labute approximate surface area is 142 Å². The number of ether oxygens (including phenoxy) is 1. The second-order valence-corrected chi connectivity index (χ2v) is 5.61. The van der Waals surface area contributed by atoms with Crippen molar-refractivity contribution >= 4 is 11.0 Å². The Balaban J connectivity index is 1.74. The van der Waals surface area contributed by atoms with Gasteiger partial charge in [0.15, 0.2) is 5.82 Å². The summed E-state index contributed by atoms with van der Waals surface area (Å²) in [4.78, 5) is 7.53. The van der Waals surface area contributed by atoms with E-state index in [0.29, 0.717) is 28.5 Å². The van der Waals surface area contributed by atoms with Crippen LogP contribution in [0.15, 0.2) is 42.5 Å². The number of nitrogens with zero attached hydrogens (tertiary/aromatic N) is 2. The first-order chi connectivity index (χ1) is 12.2. The minimum Gasteiger partial charge on any atom is -0.496 e. The number of aliphatic hydroxyl groups excluding tert-OH is 1. The van der Waals surface area contributed by atoms with Crippen LogP contribution in [0.5, 0.6) is 5.75 Å². The van der Waals surface area contributed by atoms with Crippen LogP contribution >= 0.6 is 0 Å². The number of methoxy groups -OCH3 is 1. The molecule has 0 fully saturated rings. The molecule has 0 unspecified atom stereocenters. The molecule has 0 saturated heterocycles. The normalized spacial score (nSPS) is 11.2. The molecule has 0 atom stereocenters. The molecule has 7 heteroatoms. The predicted octanol–water partition coefficient (Wildman–Crippen LogP) is 3.26. The highest BCUT2D eigenvalue weighted by Gasteiger charge is 2.13. The van der Waals surface area contributed by atoms with Crippen molar-refractivity contribution in [3.63, 3.8) is 0 Å². The quantitative estimate of drug-likeness (QED) is 0.533. The number of aliphatic hydroxyl groups is 1. The van der Waals surface area contributed by atoms with Gasteiger partial charge in [-0.05, 0) is 35.9 Å². The average molecular weight is 338 g/mol. The second kappa shape index (κ2) is 6.03. The lowest BCUT2D eigenvalue weighted by molar-refractivity contribution is 0.281. The molecule has 0 aliphatic carbocycles. The molecule has 126 valence electrons. The molecule has 0 radical (unpaired) electrons. The number of nitrogens with one attached hydrogen (secondary N) is 2. The number of fused-ring (bicyclic) bond motifs is 1. The number of halogens is 1. The van der Waals surface area contributed by atoms with E-state index in [1.54, 1.807) is 19.2 Å². The fourth-order valence-corrected chi connectivity index (χ4v) is 2.73. The third-order valence-corrected chi connectivity index (χ3v) is 4.00. The summed E-state index contributed by atoms with van der Waals surface area (Å²) in [6.45, 7) is -0.0575. The maximum Gasteiger partial charge on any atom is 0.156 e. The van der Waals surface area contributed by atoms with Gasteiger partial charge in [0.1, 0.15) is 17.3 Å². The summed E-state index contributed by atoms with van der Waals surface area (Å²) in [5.41, 5.74) is 4.22. The van der Waals surface area contributed by atoms with E-state index in [1.165, 1.54) is 12.1 Å². The van der Waals surface area contributed by atoms with Crippen LogP contribution in [0.2, 0.25) is 0 Å². The fraction of sp³-hybridized carbons (Fsp3) is 0.111. The van der Waals surface area contributed by atoms with Crippen molar-refractivity contribution in [2.75, 3.05) is 7.11 Å². The third kappa shape index (κ3) is 2.74. The van der Waals surface area contributed by atoms with Crippen molar-refractivity contribution in [3.8, 4) is 28.5 Å². The zero-order chi connectivity index (χ0) is 17.4. The van der Waals surface area contributed by atoms with Crippen molar-refractivity contribution in [1.29, 1.82) is 0 Å². The minimum absolute atomic E-state index is 0.0575. The first-order valence-corrected chi connectivity index (χ1v) is 7.67. The molecule has 2 heterocycles. The van der Waals surface area contributed by atoms with Gasteiger partial charge in [0.2, 0.25) is 0 Å². The van der Waals surface area contributed by atoms with E-state index < -0.39 is 0 Å². The highest BCUT2D eigenvalue weighted by atomic mass is 19.1. The molecule has 3 N–H and O–H groups in total. The molecular formula is C18H15FN4O2. The Morgan fingerprint density at radius 1 is 1.16 bits per heavy atom. The van der Waals surface area contributed by atoms with Gasteiger partial charge < -0.3 is 14.8 Å². The molecule has 0 aliphatic heterocycles. The van der Waals surface area contributed by atoms with E-state index >= 15 is 0 Å². The van der Waals surface area contributed by atoms with E-state index in [9.17, 15) is 9.50 Å². The lowest BCUT2D eigenvalue weighted by Gasteiger charge is -2.07. The molecule has 0 amide bonds. The largest absolute Gasteiger partial charge is 0.496 e. The first-order valence-electron chi connectivity index (χ1n) is 7.67. The van der Waals surface area contributed by atoms with Crippen molar-refractivity contribution in [1.82, 2.24) is 20.2 Å². The van der Waals surface area contributed by atoms with Gasteiger partial charge in [0.05, 0.1) is 30.4 Å². The topological polar surface area (TPSA) is 86.8 Å². The second-order valence-electron chi connectivity index (χ2n) is 5.61. The number of aromatic nitrogens is 4. The summed E-state index contributed by atoms with van der Waals surface area (Å²) >= 11 is 0. The maximum absolute atomic E-state index is 13.3. The molecule has 25 heavy (non-hydrogen) atoms. The van der Waals surface area contributed by atoms with Gasteiger partial charge in [-0.1, -0.05) is 6.07 Å². The number of imidazole rings is 1. The standard InChI is InChI=1S/C18H15FN4O2/c1-25-17-6-10(9-24)2-4-12(17)14-8-16(23-22-14)18-20-13-5-3-11(19)7-15(13)21-18/h2-8,24H,9H2,1H3,(H,20,21)(H,22,23). The number of aromatic amines is 2. The zero-order valence-corrected chi connectivity index (χ0v) is 13.4. The molecular weight excluding hydrogens is 323 g/mol. The number of hydrogen-bond donors (Lipinski definition) is 3. The highest BCUT2D eigenvalue weighted by Crippen LogP contribution is 2.31.